The zero-order chi connectivity index (χ0) is 19.9. The second-order valence-electron chi connectivity index (χ2n) is 7.33. The number of ketones is 1. The molecule has 1 N–H and O–H groups in total. The molecule has 0 aromatic heterocycles. The number of carbonyl (C=O) groups is 2. The van der Waals surface area contributed by atoms with Crippen molar-refractivity contribution < 1.29 is 14.3 Å². The highest BCUT2D eigenvalue weighted by Gasteiger charge is 2.24. The van der Waals surface area contributed by atoms with E-state index in [0.717, 1.165) is 25.9 Å². The number of amides is 1. The standard InChI is InChI=1S/C23H28N2O3/c1-17(19-6-4-3-5-7-19)25-14-12-21(13-15-25)24-23(27)16-28-22-10-8-20(9-11-22)18(2)26/h3-11,17,21H,12-16H2,1-2H3,(H,24,27)/t17-/m0/s1. The Balaban J connectivity index is 1.40. The molecule has 5 heteroatoms. The molecule has 28 heavy (non-hydrogen) atoms. The van der Waals surface area contributed by atoms with Gasteiger partial charge in [-0.15, -0.1) is 0 Å². The molecule has 0 aliphatic carbocycles. The monoisotopic (exact) mass is 380 g/mol. The molecule has 1 atom stereocenters. The number of Topliss-reactive ketones (excluding diaryl/α,β-unsaturated/α-hetero) is 1. The van der Waals surface area contributed by atoms with Crippen LogP contribution in [0.2, 0.25) is 0 Å². The Labute approximate surface area is 166 Å². The second kappa shape index (κ2) is 9.51. The third-order valence-electron chi connectivity index (χ3n) is 5.36. The Kier molecular flexibility index (Phi) is 6.82. The molecule has 1 aliphatic rings. The summed E-state index contributed by atoms with van der Waals surface area (Å²) in [5.74, 6) is 0.495. The van der Waals surface area contributed by atoms with Gasteiger partial charge in [0, 0.05) is 30.7 Å². The maximum absolute atomic E-state index is 12.2. The van der Waals surface area contributed by atoms with Crippen LogP contribution in [0.1, 0.15) is 48.7 Å². The number of hydrogen-bond acceptors (Lipinski definition) is 4. The third kappa shape index (κ3) is 5.42. The molecular weight excluding hydrogens is 352 g/mol. The minimum absolute atomic E-state index is 0.0113. The first-order valence-corrected chi connectivity index (χ1v) is 9.85. The Morgan fingerprint density at radius 1 is 1.07 bits per heavy atom. The third-order valence-corrected chi connectivity index (χ3v) is 5.36. The molecule has 2 aromatic carbocycles. The van der Waals surface area contributed by atoms with Crippen LogP contribution in [0.25, 0.3) is 0 Å². The van der Waals surface area contributed by atoms with Crippen LogP contribution in [0.4, 0.5) is 0 Å². The van der Waals surface area contributed by atoms with Crippen LogP contribution in [0.3, 0.4) is 0 Å². The van der Waals surface area contributed by atoms with Gasteiger partial charge in [-0.3, -0.25) is 14.5 Å². The van der Waals surface area contributed by atoms with E-state index < -0.39 is 0 Å². The largest absolute Gasteiger partial charge is 0.484 e. The van der Waals surface area contributed by atoms with Crippen LogP contribution in [-0.4, -0.2) is 42.3 Å². The summed E-state index contributed by atoms with van der Waals surface area (Å²) in [6.45, 7) is 5.68. The van der Waals surface area contributed by atoms with E-state index in [1.54, 1.807) is 24.3 Å². The van der Waals surface area contributed by atoms with Gasteiger partial charge in [-0.05, 0) is 56.5 Å². The fourth-order valence-corrected chi connectivity index (χ4v) is 3.58. The van der Waals surface area contributed by atoms with Gasteiger partial charge in [0.1, 0.15) is 5.75 Å². The molecule has 0 radical (unpaired) electrons. The van der Waals surface area contributed by atoms with E-state index in [0.29, 0.717) is 17.4 Å². The molecular formula is C23H28N2O3. The number of rotatable bonds is 7. The number of ether oxygens (including phenoxy) is 1. The minimum atomic E-state index is -0.106. The van der Waals surface area contributed by atoms with Gasteiger partial charge in [0.05, 0.1) is 0 Å². The predicted octanol–water partition coefficient (Wildman–Crippen LogP) is 3.61. The molecule has 1 amide bonds. The van der Waals surface area contributed by atoms with E-state index in [1.165, 1.54) is 12.5 Å². The first-order valence-electron chi connectivity index (χ1n) is 9.85. The quantitative estimate of drug-likeness (QED) is 0.746. The summed E-state index contributed by atoms with van der Waals surface area (Å²) in [6, 6.07) is 17.9. The Morgan fingerprint density at radius 3 is 2.32 bits per heavy atom. The van der Waals surface area contributed by atoms with Crippen molar-refractivity contribution >= 4 is 11.7 Å². The van der Waals surface area contributed by atoms with Crippen LogP contribution in [-0.2, 0) is 4.79 Å². The van der Waals surface area contributed by atoms with Crippen LogP contribution in [0, 0.1) is 0 Å². The van der Waals surface area contributed by atoms with Crippen molar-refractivity contribution in [2.75, 3.05) is 19.7 Å². The van der Waals surface area contributed by atoms with Crippen molar-refractivity contribution in [1.29, 1.82) is 0 Å². The summed E-state index contributed by atoms with van der Waals surface area (Å²) in [4.78, 5) is 25.9. The van der Waals surface area contributed by atoms with Crippen molar-refractivity contribution in [3.05, 3.63) is 65.7 Å². The Hall–Kier alpha value is -2.66. The number of nitrogens with zero attached hydrogens (tertiary/aromatic N) is 1. The van der Waals surface area contributed by atoms with Crippen molar-refractivity contribution in [2.45, 2.75) is 38.8 Å². The first kappa shape index (κ1) is 20.1. The highest BCUT2D eigenvalue weighted by atomic mass is 16.5. The number of carbonyl (C=O) groups excluding carboxylic acids is 2. The number of benzene rings is 2. The normalized spacial score (nSPS) is 16.4. The fourth-order valence-electron chi connectivity index (χ4n) is 3.58. The van der Waals surface area contributed by atoms with Gasteiger partial charge in [-0.25, -0.2) is 0 Å². The molecule has 2 aromatic rings. The van der Waals surface area contributed by atoms with Crippen LogP contribution < -0.4 is 10.1 Å². The lowest BCUT2D eigenvalue weighted by atomic mass is 10.00. The predicted molar refractivity (Wildman–Crippen MR) is 110 cm³/mol. The molecule has 0 unspecified atom stereocenters. The molecule has 0 bridgehead atoms. The van der Waals surface area contributed by atoms with E-state index in [2.05, 4.69) is 41.4 Å². The second-order valence-corrected chi connectivity index (χ2v) is 7.33. The lowest BCUT2D eigenvalue weighted by Gasteiger charge is -2.36. The molecule has 3 rings (SSSR count). The van der Waals surface area contributed by atoms with Crippen molar-refractivity contribution in [1.82, 2.24) is 10.2 Å². The molecule has 148 valence electrons. The maximum atomic E-state index is 12.2. The summed E-state index contributed by atoms with van der Waals surface area (Å²) in [5, 5.41) is 3.07. The molecule has 1 fully saturated rings. The number of piperidine rings is 1. The van der Waals surface area contributed by atoms with Crippen molar-refractivity contribution in [2.24, 2.45) is 0 Å². The van der Waals surface area contributed by atoms with Crippen LogP contribution in [0.15, 0.2) is 54.6 Å². The van der Waals surface area contributed by atoms with Gasteiger partial charge in [-0.1, -0.05) is 30.3 Å². The van der Waals surface area contributed by atoms with Gasteiger partial charge in [0.2, 0.25) is 0 Å². The zero-order valence-electron chi connectivity index (χ0n) is 16.6. The highest BCUT2D eigenvalue weighted by molar-refractivity contribution is 5.94. The fraction of sp³-hybridized carbons (Fsp3) is 0.391. The Bertz CT molecular complexity index is 781. The van der Waals surface area contributed by atoms with Gasteiger partial charge >= 0.3 is 0 Å². The highest BCUT2D eigenvalue weighted by Crippen LogP contribution is 2.24. The number of likely N-dealkylation sites (tertiary alicyclic amines) is 1. The van der Waals surface area contributed by atoms with Gasteiger partial charge < -0.3 is 10.1 Å². The summed E-state index contributed by atoms with van der Waals surface area (Å²) in [5.41, 5.74) is 1.96. The van der Waals surface area contributed by atoms with Gasteiger partial charge in [0.15, 0.2) is 12.4 Å². The Morgan fingerprint density at radius 2 is 1.71 bits per heavy atom. The number of nitrogens with one attached hydrogen (secondary N) is 1. The van der Waals surface area contributed by atoms with Crippen molar-refractivity contribution in [3.8, 4) is 5.75 Å². The van der Waals surface area contributed by atoms with Gasteiger partial charge in [-0.2, -0.15) is 0 Å². The zero-order valence-corrected chi connectivity index (χ0v) is 16.6. The van der Waals surface area contributed by atoms with E-state index in [9.17, 15) is 9.59 Å². The topological polar surface area (TPSA) is 58.6 Å². The average molecular weight is 380 g/mol. The summed E-state index contributed by atoms with van der Waals surface area (Å²) >= 11 is 0. The molecule has 5 nitrogen and oxygen atoms in total. The smallest absolute Gasteiger partial charge is 0.258 e. The SMILES string of the molecule is CC(=O)c1ccc(OCC(=O)NC2CCN([C@@H](C)c3ccccc3)CC2)cc1. The average Bonchev–Trinajstić information content (AvgIpc) is 2.73. The maximum Gasteiger partial charge on any atom is 0.258 e. The molecule has 1 saturated heterocycles. The molecule has 0 spiro atoms. The molecule has 1 aliphatic heterocycles. The van der Waals surface area contributed by atoms with Crippen molar-refractivity contribution in [3.63, 3.8) is 0 Å². The first-order chi connectivity index (χ1) is 13.5. The van der Waals surface area contributed by atoms with E-state index in [4.69, 9.17) is 4.74 Å². The van der Waals surface area contributed by atoms with Crippen LogP contribution >= 0.6 is 0 Å². The minimum Gasteiger partial charge on any atom is -0.484 e. The molecule has 0 saturated carbocycles. The summed E-state index contributed by atoms with van der Waals surface area (Å²) in [7, 11) is 0. The summed E-state index contributed by atoms with van der Waals surface area (Å²) in [6.07, 6.45) is 1.88. The summed E-state index contributed by atoms with van der Waals surface area (Å²) < 4.78 is 5.53. The lowest BCUT2D eigenvalue weighted by Crippen LogP contribution is -2.46. The van der Waals surface area contributed by atoms with E-state index >= 15 is 0 Å². The molecule has 1 heterocycles. The van der Waals surface area contributed by atoms with E-state index in [-0.39, 0.29) is 24.3 Å². The van der Waals surface area contributed by atoms with E-state index in [1.807, 2.05) is 6.07 Å². The van der Waals surface area contributed by atoms with Gasteiger partial charge in [0.25, 0.3) is 5.91 Å². The van der Waals surface area contributed by atoms with Crippen LogP contribution in [0.5, 0.6) is 5.75 Å². The lowest BCUT2D eigenvalue weighted by molar-refractivity contribution is -0.124. The number of hydrogen-bond donors (Lipinski definition) is 1.